The van der Waals surface area contributed by atoms with Crippen LogP contribution in [0.5, 0.6) is 5.75 Å². The summed E-state index contributed by atoms with van der Waals surface area (Å²) in [7, 11) is 1.76. The van der Waals surface area contributed by atoms with Crippen LogP contribution < -0.4 is 4.74 Å². The molecule has 0 radical (unpaired) electrons. The molecule has 1 aliphatic heterocycles. The number of aromatic amines is 1. The molecule has 1 fully saturated rings. The zero-order valence-electron chi connectivity index (χ0n) is 13.7. The van der Waals surface area contributed by atoms with Crippen molar-refractivity contribution in [2.75, 3.05) is 33.4 Å². The van der Waals surface area contributed by atoms with E-state index in [0.29, 0.717) is 0 Å². The van der Waals surface area contributed by atoms with Crippen LogP contribution in [0, 0.1) is 6.92 Å². The third-order valence-corrected chi connectivity index (χ3v) is 4.53. The van der Waals surface area contributed by atoms with Gasteiger partial charge in [-0.2, -0.15) is 0 Å². The second-order valence-corrected chi connectivity index (χ2v) is 6.09. The van der Waals surface area contributed by atoms with Crippen molar-refractivity contribution in [3.63, 3.8) is 0 Å². The predicted octanol–water partition coefficient (Wildman–Crippen LogP) is 3.49. The predicted molar refractivity (Wildman–Crippen MR) is 89.5 cm³/mol. The van der Waals surface area contributed by atoms with Gasteiger partial charge in [0.1, 0.15) is 5.75 Å². The zero-order valence-corrected chi connectivity index (χ0v) is 13.7. The van der Waals surface area contributed by atoms with Crippen LogP contribution in [0.15, 0.2) is 18.3 Å². The maximum absolute atomic E-state index is 5.69. The van der Waals surface area contributed by atoms with Crippen LogP contribution in [0.3, 0.4) is 0 Å². The fourth-order valence-electron chi connectivity index (χ4n) is 3.29. The molecule has 1 aliphatic rings. The van der Waals surface area contributed by atoms with Crippen molar-refractivity contribution in [2.24, 2.45) is 0 Å². The number of methoxy groups -OCH3 is 1. The Morgan fingerprint density at radius 1 is 1.23 bits per heavy atom. The lowest BCUT2D eigenvalue weighted by Gasteiger charge is -2.23. The molecule has 2 heterocycles. The number of aromatic nitrogens is 1. The van der Waals surface area contributed by atoms with E-state index in [1.807, 2.05) is 6.20 Å². The number of hydrogen-bond donors (Lipinski definition) is 1. The molecule has 1 N–H and O–H groups in total. The Hall–Kier alpha value is -1.52. The highest BCUT2D eigenvalue weighted by Crippen LogP contribution is 2.31. The third kappa shape index (κ3) is 3.28. The Bertz CT molecular complexity index is 611. The minimum Gasteiger partial charge on any atom is -0.496 e. The number of nitrogens with one attached hydrogen (secondary N) is 1. The van der Waals surface area contributed by atoms with Gasteiger partial charge < -0.3 is 14.5 Å². The minimum absolute atomic E-state index is 0.824. The van der Waals surface area contributed by atoms with Crippen LogP contribution in [0.1, 0.15) is 30.4 Å². The zero-order chi connectivity index (χ0) is 15.4. The number of benzene rings is 1. The summed E-state index contributed by atoms with van der Waals surface area (Å²) in [5.41, 5.74) is 3.73. The minimum atomic E-state index is 0.824. The van der Waals surface area contributed by atoms with Gasteiger partial charge in [0.05, 0.1) is 13.7 Å². The van der Waals surface area contributed by atoms with Gasteiger partial charge in [0.25, 0.3) is 0 Å². The van der Waals surface area contributed by atoms with Crippen molar-refractivity contribution in [3.05, 3.63) is 29.5 Å². The lowest BCUT2D eigenvalue weighted by atomic mass is 10.0. The molecule has 120 valence electrons. The summed E-state index contributed by atoms with van der Waals surface area (Å²) in [6.45, 7) is 6.89. The molecular weight excluding hydrogens is 276 g/mol. The largest absolute Gasteiger partial charge is 0.496 e. The van der Waals surface area contributed by atoms with E-state index >= 15 is 0 Å². The monoisotopic (exact) mass is 302 g/mol. The van der Waals surface area contributed by atoms with Gasteiger partial charge >= 0.3 is 0 Å². The van der Waals surface area contributed by atoms with Gasteiger partial charge in [-0.25, -0.2) is 0 Å². The molecule has 1 aromatic carbocycles. The van der Waals surface area contributed by atoms with Crippen LogP contribution in [0.25, 0.3) is 10.9 Å². The third-order valence-electron chi connectivity index (χ3n) is 4.53. The number of fused-ring (bicyclic) bond motifs is 1. The number of hydrogen-bond acceptors (Lipinski definition) is 3. The molecule has 1 saturated heterocycles. The van der Waals surface area contributed by atoms with E-state index < -0.39 is 0 Å². The maximum atomic E-state index is 5.69. The molecule has 4 nitrogen and oxygen atoms in total. The standard InChI is InChI=1S/C18H26N2O2/c1-14-12-17(21-2)16(15-6-7-19-18(14)15)13-20-8-4-3-5-10-22-11-9-20/h6-7,12,19H,3-5,8-11,13H2,1-2H3. The van der Waals surface area contributed by atoms with Crippen molar-refractivity contribution in [2.45, 2.75) is 32.7 Å². The lowest BCUT2D eigenvalue weighted by Crippen LogP contribution is -2.28. The van der Waals surface area contributed by atoms with E-state index in [4.69, 9.17) is 9.47 Å². The molecule has 0 unspecified atom stereocenters. The summed E-state index contributed by atoms with van der Waals surface area (Å²) in [6.07, 6.45) is 5.70. The van der Waals surface area contributed by atoms with Crippen LogP contribution >= 0.6 is 0 Å². The molecule has 3 rings (SSSR count). The number of aryl methyl sites for hydroxylation is 1. The molecule has 0 amide bonds. The van der Waals surface area contributed by atoms with E-state index in [2.05, 4.69) is 28.9 Å². The van der Waals surface area contributed by atoms with Gasteiger partial charge in [-0.1, -0.05) is 0 Å². The summed E-state index contributed by atoms with van der Waals surface area (Å²) >= 11 is 0. The van der Waals surface area contributed by atoms with Gasteiger partial charge in [-0.3, -0.25) is 4.90 Å². The number of nitrogens with zero attached hydrogens (tertiary/aromatic N) is 1. The van der Waals surface area contributed by atoms with Crippen molar-refractivity contribution in [1.82, 2.24) is 9.88 Å². The fourth-order valence-corrected chi connectivity index (χ4v) is 3.29. The van der Waals surface area contributed by atoms with Gasteiger partial charge in [-0.05, 0) is 50.4 Å². The van der Waals surface area contributed by atoms with Crippen LogP contribution in [0.2, 0.25) is 0 Å². The average molecular weight is 302 g/mol. The highest BCUT2D eigenvalue weighted by atomic mass is 16.5. The van der Waals surface area contributed by atoms with Gasteiger partial charge in [0.15, 0.2) is 0 Å². The first kappa shape index (κ1) is 15.4. The average Bonchev–Trinajstić information content (AvgIpc) is 3.04. The van der Waals surface area contributed by atoms with Crippen LogP contribution in [-0.2, 0) is 11.3 Å². The first-order valence-electron chi connectivity index (χ1n) is 8.23. The molecule has 0 saturated carbocycles. The molecule has 1 aromatic heterocycles. The molecule has 4 heteroatoms. The summed E-state index contributed by atoms with van der Waals surface area (Å²) < 4.78 is 11.3. The van der Waals surface area contributed by atoms with Crippen molar-refractivity contribution in [1.29, 1.82) is 0 Å². The van der Waals surface area contributed by atoms with Crippen LogP contribution in [0.4, 0.5) is 0 Å². The summed E-state index contributed by atoms with van der Waals surface area (Å²) in [5.74, 6) is 0.991. The Morgan fingerprint density at radius 2 is 2.14 bits per heavy atom. The Balaban J connectivity index is 1.87. The highest BCUT2D eigenvalue weighted by Gasteiger charge is 2.16. The van der Waals surface area contributed by atoms with Crippen molar-refractivity contribution in [3.8, 4) is 5.75 Å². The molecule has 0 bridgehead atoms. The highest BCUT2D eigenvalue weighted by molar-refractivity contribution is 5.88. The second kappa shape index (κ2) is 7.16. The van der Waals surface area contributed by atoms with E-state index in [-0.39, 0.29) is 0 Å². The summed E-state index contributed by atoms with van der Waals surface area (Å²) in [5, 5.41) is 1.28. The lowest BCUT2D eigenvalue weighted by molar-refractivity contribution is 0.109. The molecular formula is C18H26N2O2. The fraction of sp³-hybridized carbons (Fsp3) is 0.556. The second-order valence-electron chi connectivity index (χ2n) is 6.09. The molecule has 0 aliphatic carbocycles. The normalized spacial score (nSPS) is 17.9. The smallest absolute Gasteiger partial charge is 0.124 e. The van der Waals surface area contributed by atoms with E-state index in [1.165, 1.54) is 41.3 Å². The van der Waals surface area contributed by atoms with Gasteiger partial charge in [0, 0.05) is 42.4 Å². The maximum Gasteiger partial charge on any atom is 0.124 e. The molecule has 0 atom stereocenters. The Morgan fingerprint density at radius 3 is 3.00 bits per heavy atom. The number of H-pyrrole nitrogens is 1. The van der Waals surface area contributed by atoms with E-state index in [1.54, 1.807) is 7.11 Å². The van der Waals surface area contributed by atoms with E-state index in [0.717, 1.165) is 38.6 Å². The number of ether oxygens (including phenoxy) is 2. The Kier molecular flexibility index (Phi) is 5.01. The SMILES string of the molecule is COc1cc(C)c2[nH]ccc2c1CN1CCCCCOCC1. The summed E-state index contributed by atoms with van der Waals surface area (Å²) in [6, 6.07) is 4.30. The van der Waals surface area contributed by atoms with Crippen molar-refractivity contribution < 1.29 is 9.47 Å². The quantitative estimate of drug-likeness (QED) is 0.943. The van der Waals surface area contributed by atoms with Crippen molar-refractivity contribution >= 4 is 10.9 Å². The summed E-state index contributed by atoms with van der Waals surface area (Å²) in [4.78, 5) is 5.84. The first-order chi connectivity index (χ1) is 10.8. The van der Waals surface area contributed by atoms with E-state index in [9.17, 15) is 0 Å². The Labute approximate surface area is 132 Å². The van der Waals surface area contributed by atoms with Crippen LogP contribution in [-0.4, -0.2) is 43.3 Å². The van der Waals surface area contributed by atoms with Gasteiger partial charge in [-0.15, -0.1) is 0 Å². The number of rotatable bonds is 3. The molecule has 22 heavy (non-hydrogen) atoms. The molecule has 0 spiro atoms. The topological polar surface area (TPSA) is 37.5 Å². The first-order valence-corrected chi connectivity index (χ1v) is 8.23. The molecule has 2 aromatic rings. The van der Waals surface area contributed by atoms with Gasteiger partial charge in [0.2, 0.25) is 0 Å².